The zero-order valence-electron chi connectivity index (χ0n) is 14.2. The second-order valence-corrected chi connectivity index (χ2v) is 5.53. The van der Waals surface area contributed by atoms with E-state index in [0.29, 0.717) is 22.6 Å². The van der Waals surface area contributed by atoms with Gasteiger partial charge in [-0.05, 0) is 42.0 Å². The topological polar surface area (TPSA) is 73.9 Å². The van der Waals surface area contributed by atoms with Crippen molar-refractivity contribution in [2.45, 2.75) is 6.61 Å². The predicted molar refractivity (Wildman–Crippen MR) is 93.6 cm³/mol. The van der Waals surface area contributed by atoms with Crippen LogP contribution in [0.4, 0.5) is 14.5 Å². The van der Waals surface area contributed by atoms with Crippen LogP contribution in [0.3, 0.4) is 0 Å². The van der Waals surface area contributed by atoms with Crippen molar-refractivity contribution in [1.82, 2.24) is 0 Å². The van der Waals surface area contributed by atoms with Crippen LogP contribution >= 0.6 is 0 Å². The minimum atomic E-state index is -2.99. The molecular formula is C19H15F2NO5. The Hall–Kier alpha value is -3.42. The molecule has 1 heterocycles. The highest BCUT2D eigenvalue weighted by Crippen LogP contribution is 2.31. The highest BCUT2D eigenvalue weighted by molar-refractivity contribution is 6.08. The van der Waals surface area contributed by atoms with Crippen molar-refractivity contribution >= 4 is 23.5 Å². The zero-order chi connectivity index (χ0) is 19.4. The molecule has 2 aromatic rings. The van der Waals surface area contributed by atoms with Crippen molar-refractivity contribution in [3.05, 3.63) is 53.6 Å². The van der Waals surface area contributed by atoms with Gasteiger partial charge in [0.25, 0.3) is 5.91 Å². The van der Waals surface area contributed by atoms with Crippen molar-refractivity contribution in [2.75, 3.05) is 19.0 Å². The number of carbonyl (C=O) groups is 2. The third-order valence-corrected chi connectivity index (χ3v) is 3.73. The molecule has 1 aliphatic rings. The minimum absolute atomic E-state index is 0.0688. The summed E-state index contributed by atoms with van der Waals surface area (Å²) >= 11 is 0. The number of amides is 1. The highest BCUT2D eigenvalue weighted by atomic mass is 19.3. The number of methoxy groups -OCH3 is 1. The average molecular weight is 375 g/mol. The molecule has 3 rings (SSSR count). The normalized spacial score (nSPS) is 13.1. The molecule has 0 aromatic heterocycles. The molecule has 0 saturated heterocycles. The van der Waals surface area contributed by atoms with Crippen molar-refractivity contribution in [1.29, 1.82) is 0 Å². The number of ketones is 1. The Morgan fingerprint density at radius 2 is 2.04 bits per heavy atom. The molecule has 0 unspecified atom stereocenters. The van der Waals surface area contributed by atoms with Gasteiger partial charge in [0, 0.05) is 5.56 Å². The maximum absolute atomic E-state index is 12.5. The zero-order valence-corrected chi connectivity index (χ0v) is 14.2. The molecule has 0 spiro atoms. The van der Waals surface area contributed by atoms with Gasteiger partial charge in [-0.2, -0.15) is 8.78 Å². The van der Waals surface area contributed by atoms with Gasteiger partial charge >= 0.3 is 6.61 Å². The first-order valence-electron chi connectivity index (χ1n) is 7.88. The van der Waals surface area contributed by atoms with Gasteiger partial charge in [-0.3, -0.25) is 9.59 Å². The molecule has 0 bridgehead atoms. The molecule has 0 fully saturated rings. The molecule has 140 valence electrons. The van der Waals surface area contributed by atoms with E-state index in [1.807, 2.05) is 0 Å². The van der Waals surface area contributed by atoms with E-state index in [1.165, 1.54) is 37.5 Å². The SMILES string of the molecule is COc1ccc(/C=C/C(=O)c2ccc3c(c2)NC(=O)CO3)cc1OC(F)F. The molecule has 6 nitrogen and oxygen atoms in total. The van der Waals surface area contributed by atoms with Crippen molar-refractivity contribution in [2.24, 2.45) is 0 Å². The summed E-state index contributed by atoms with van der Waals surface area (Å²) in [5.74, 6) is -0.115. The largest absolute Gasteiger partial charge is 0.493 e. The number of hydrogen-bond donors (Lipinski definition) is 1. The molecule has 1 aliphatic heterocycles. The van der Waals surface area contributed by atoms with Gasteiger partial charge in [-0.25, -0.2) is 0 Å². The lowest BCUT2D eigenvalue weighted by atomic mass is 10.1. The van der Waals surface area contributed by atoms with E-state index in [4.69, 9.17) is 9.47 Å². The molecule has 0 radical (unpaired) electrons. The Morgan fingerprint density at radius 3 is 2.78 bits per heavy atom. The fourth-order valence-corrected chi connectivity index (χ4v) is 2.49. The van der Waals surface area contributed by atoms with E-state index in [-0.39, 0.29) is 29.8 Å². The average Bonchev–Trinajstić information content (AvgIpc) is 2.65. The fourth-order valence-electron chi connectivity index (χ4n) is 2.49. The monoisotopic (exact) mass is 375 g/mol. The van der Waals surface area contributed by atoms with Gasteiger partial charge in [-0.15, -0.1) is 0 Å². The smallest absolute Gasteiger partial charge is 0.387 e. The van der Waals surface area contributed by atoms with Gasteiger partial charge in [0.05, 0.1) is 12.8 Å². The molecule has 0 saturated carbocycles. The molecule has 0 atom stereocenters. The Labute approximate surface area is 153 Å². The number of rotatable bonds is 6. The van der Waals surface area contributed by atoms with E-state index >= 15 is 0 Å². The van der Waals surface area contributed by atoms with Gasteiger partial charge in [0.1, 0.15) is 5.75 Å². The summed E-state index contributed by atoms with van der Waals surface area (Å²) in [5, 5.41) is 2.63. The molecule has 8 heteroatoms. The van der Waals surface area contributed by atoms with Gasteiger partial charge < -0.3 is 19.5 Å². The predicted octanol–water partition coefficient (Wildman–Crippen LogP) is 3.52. The van der Waals surface area contributed by atoms with Crippen LogP contribution < -0.4 is 19.5 Å². The summed E-state index contributed by atoms with van der Waals surface area (Å²) in [6.45, 7) is -3.06. The van der Waals surface area contributed by atoms with Crippen molar-refractivity contribution in [3.63, 3.8) is 0 Å². The maximum Gasteiger partial charge on any atom is 0.387 e. The molecule has 27 heavy (non-hydrogen) atoms. The molecule has 2 aromatic carbocycles. The van der Waals surface area contributed by atoms with Crippen LogP contribution in [0.25, 0.3) is 6.08 Å². The Kier molecular flexibility index (Phi) is 5.35. The van der Waals surface area contributed by atoms with Gasteiger partial charge in [0.15, 0.2) is 23.9 Å². The third-order valence-electron chi connectivity index (χ3n) is 3.73. The van der Waals surface area contributed by atoms with E-state index in [2.05, 4.69) is 10.1 Å². The van der Waals surface area contributed by atoms with Crippen LogP contribution in [0, 0.1) is 0 Å². The van der Waals surface area contributed by atoms with Crippen molar-refractivity contribution < 1.29 is 32.6 Å². The number of carbonyl (C=O) groups excluding carboxylic acids is 2. The van der Waals surface area contributed by atoms with Crippen LogP contribution in [0.5, 0.6) is 17.2 Å². The minimum Gasteiger partial charge on any atom is -0.493 e. The summed E-state index contributed by atoms with van der Waals surface area (Å²) in [7, 11) is 1.34. The number of allylic oxidation sites excluding steroid dienone is 1. The summed E-state index contributed by atoms with van der Waals surface area (Å²) in [5.41, 5.74) is 1.24. The number of hydrogen-bond acceptors (Lipinski definition) is 5. The number of anilines is 1. The summed E-state index contributed by atoms with van der Waals surface area (Å²) in [6, 6.07) is 9.09. The van der Waals surface area contributed by atoms with Gasteiger partial charge in [-0.1, -0.05) is 12.1 Å². The number of benzene rings is 2. The Balaban J connectivity index is 1.79. The van der Waals surface area contributed by atoms with Crippen LogP contribution in [0.1, 0.15) is 15.9 Å². The first kappa shape index (κ1) is 18.4. The standard InChI is InChI=1S/C19H15F2NO5/c1-25-16-6-3-11(8-17(16)27-19(20)21)2-5-14(23)12-4-7-15-13(9-12)22-18(24)10-26-15/h2-9,19H,10H2,1H3,(H,22,24)/b5-2+. The second-order valence-electron chi connectivity index (χ2n) is 5.53. The Morgan fingerprint density at radius 1 is 1.22 bits per heavy atom. The maximum atomic E-state index is 12.5. The second kappa shape index (κ2) is 7.86. The lowest BCUT2D eigenvalue weighted by Gasteiger charge is -2.17. The number of ether oxygens (including phenoxy) is 3. The molecular weight excluding hydrogens is 360 g/mol. The number of halogens is 2. The van der Waals surface area contributed by atoms with E-state index in [9.17, 15) is 18.4 Å². The van der Waals surface area contributed by atoms with Crippen molar-refractivity contribution in [3.8, 4) is 17.2 Å². The van der Waals surface area contributed by atoms with E-state index in [1.54, 1.807) is 18.2 Å². The molecule has 1 N–H and O–H groups in total. The summed E-state index contributed by atoms with van der Waals surface area (Å²) in [4.78, 5) is 23.7. The summed E-state index contributed by atoms with van der Waals surface area (Å²) in [6.07, 6.45) is 2.76. The van der Waals surface area contributed by atoms with Crippen LogP contribution in [0.15, 0.2) is 42.5 Å². The fraction of sp³-hybridized carbons (Fsp3) is 0.158. The number of nitrogens with one attached hydrogen (secondary N) is 1. The Bertz CT molecular complexity index is 911. The highest BCUT2D eigenvalue weighted by Gasteiger charge is 2.17. The number of fused-ring (bicyclic) bond motifs is 1. The van der Waals surface area contributed by atoms with Crippen LogP contribution in [-0.4, -0.2) is 32.0 Å². The van der Waals surface area contributed by atoms with Crippen LogP contribution in [-0.2, 0) is 4.79 Å². The van der Waals surface area contributed by atoms with E-state index in [0.717, 1.165) is 0 Å². The lowest BCUT2D eigenvalue weighted by Crippen LogP contribution is -2.25. The van der Waals surface area contributed by atoms with Gasteiger partial charge in [0.2, 0.25) is 0 Å². The first-order chi connectivity index (χ1) is 13.0. The molecule has 0 aliphatic carbocycles. The first-order valence-corrected chi connectivity index (χ1v) is 7.88. The lowest BCUT2D eigenvalue weighted by molar-refractivity contribution is -0.118. The number of alkyl halides is 2. The molecule has 1 amide bonds. The third kappa shape index (κ3) is 4.41. The van der Waals surface area contributed by atoms with E-state index < -0.39 is 6.61 Å². The summed E-state index contributed by atoms with van der Waals surface area (Å²) < 4.78 is 39.6. The van der Waals surface area contributed by atoms with Crippen LogP contribution in [0.2, 0.25) is 0 Å². The quantitative estimate of drug-likeness (QED) is 0.618.